The molecule has 5 fully saturated rings. The molecule has 4 saturated carbocycles. The third-order valence-electron chi connectivity index (χ3n) is 8.69. The van der Waals surface area contributed by atoms with Crippen LogP contribution in [-0.2, 0) is 4.79 Å². The first kappa shape index (κ1) is 23.5. The maximum absolute atomic E-state index is 13.2. The summed E-state index contributed by atoms with van der Waals surface area (Å²) in [6.07, 6.45) is 4.73. The van der Waals surface area contributed by atoms with Crippen LogP contribution in [0.2, 0.25) is 0 Å². The second-order valence-corrected chi connectivity index (χ2v) is 11.9. The number of hydrogen-bond acceptors (Lipinski definition) is 6. The first-order valence-electron chi connectivity index (χ1n) is 12.8. The molecule has 6 rings (SSSR count). The van der Waals surface area contributed by atoms with Gasteiger partial charge in [0.2, 0.25) is 5.91 Å². The molecule has 2 unspecified atom stereocenters. The number of nitrogens with one attached hydrogen (secondary N) is 1. The van der Waals surface area contributed by atoms with Crippen LogP contribution < -0.4 is 10.2 Å². The molecule has 186 valence electrons. The SMILES string of the molecule is C[C@@H]1CN(C(=O)C(C)(C)CO)CCN1c1cccc(C(=O)N[C@H]2C3CC4CC2C[C@](O)(C4)C3)n1. The molecule has 1 aromatic rings. The van der Waals surface area contributed by atoms with Crippen molar-refractivity contribution < 1.29 is 19.8 Å². The van der Waals surface area contributed by atoms with Gasteiger partial charge in [0.05, 0.1) is 17.6 Å². The summed E-state index contributed by atoms with van der Waals surface area (Å²) >= 11 is 0. The van der Waals surface area contributed by atoms with Gasteiger partial charge in [0.25, 0.3) is 5.91 Å². The summed E-state index contributed by atoms with van der Waals surface area (Å²) in [6.45, 7) is 7.13. The van der Waals surface area contributed by atoms with E-state index < -0.39 is 11.0 Å². The Balaban J connectivity index is 1.25. The van der Waals surface area contributed by atoms with E-state index in [1.54, 1.807) is 19.9 Å². The topological polar surface area (TPSA) is 106 Å². The largest absolute Gasteiger partial charge is 0.395 e. The number of pyridine rings is 1. The Morgan fingerprint density at radius 1 is 1.18 bits per heavy atom. The minimum Gasteiger partial charge on any atom is -0.395 e. The minimum atomic E-state index is -0.786. The van der Waals surface area contributed by atoms with E-state index >= 15 is 0 Å². The van der Waals surface area contributed by atoms with E-state index in [2.05, 4.69) is 17.1 Å². The molecular weight excluding hydrogens is 432 g/mol. The normalized spacial score (nSPS) is 34.9. The second-order valence-electron chi connectivity index (χ2n) is 11.9. The van der Waals surface area contributed by atoms with Crippen LogP contribution in [0.5, 0.6) is 0 Å². The fourth-order valence-electron chi connectivity index (χ4n) is 7.13. The Kier molecular flexibility index (Phi) is 5.88. The molecule has 5 aliphatic rings. The van der Waals surface area contributed by atoms with Gasteiger partial charge in [-0.2, -0.15) is 0 Å². The lowest BCUT2D eigenvalue weighted by atomic mass is 9.52. The highest BCUT2D eigenvalue weighted by atomic mass is 16.3. The van der Waals surface area contributed by atoms with Crippen LogP contribution in [-0.4, -0.2) is 75.8 Å². The number of anilines is 1. The summed E-state index contributed by atoms with van der Waals surface area (Å²) in [5, 5.41) is 23.6. The molecule has 1 aliphatic heterocycles. The lowest BCUT2D eigenvalue weighted by Crippen LogP contribution is -2.61. The number of rotatable bonds is 5. The summed E-state index contributed by atoms with van der Waals surface area (Å²) in [7, 11) is 0. The lowest BCUT2D eigenvalue weighted by molar-refractivity contribution is -0.143. The van der Waals surface area contributed by atoms with E-state index in [1.807, 2.05) is 17.0 Å². The average molecular weight is 471 g/mol. The third kappa shape index (κ3) is 4.19. The first-order chi connectivity index (χ1) is 16.1. The summed E-state index contributed by atoms with van der Waals surface area (Å²) < 4.78 is 0. The molecule has 4 bridgehead atoms. The molecule has 8 heteroatoms. The highest BCUT2D eigenvalue weighted by Crippen LogP contribution is 2.55. The van der Waals surface area contributed by atoms with Crippen molar-refractivity contribution in [2.75, 3.05) is 31.1 Å². The molecule has 0 aromatic carbocycles. The van der Waals surface area contributed by atoms with Crippen molar-refractivity contribution in [3.8, 4) is 0 Å². The van der Waals surface area contributed by atoms with Gasteiger partial charge < -0.3 is 25.3 Å². The average Bonchev–Trinajstić information content (AvgIpc) is 2.79. The Labute approximate surface area is 201 Å². The van der Waals surface area contributed by atoms with Crippen molar-refractivity contribution in [2.45, 2.75) is 70.6 Å². The number of aliphatic hydroxyl groups is 2. The standard InChI is InChI=1S/C26H38N4O4/c1-16-14-29(24(33)25(2,3)15-31)7-8-30(16)21-6-4-5-20(27-21)23(32)28-22-18-9-17-10-19(22)13-26(34,11-17)12-18/h4-6,16-19,22,31,34H,7-15H2,1-3H3,(H,28,32)/t16-,17?,18?,19?,22-,26-/m1/s1. The molecule has 34 heavy (non-hydrogen) atoms. The fraction of sp³-hybridized carbons (Fsp3) is 0.731. The van der Waals surface area contributed by atoms with E-state index in [0.29, 0.717) is 43.1 Å². The highest BCUT2D eigenvalue weighted by molar-refractivity contribution is 5.93. The highest BCUT2D eigenvalue weighted by Gasteiger charge is 2.55. The molecular formula is C26H38N4O4. The number of aliphatic hydroxyl groups excluding tert-OH is 1. The third-order valence-corrected chi connectivity index (χ3v) is 8.69. The summed E-state index contributed by atoms with van der Waals surface area (Å²) in [5.74, 6) is 1.88. The summed E-state index contributed by atoms with van der Waals surface area (Å²) in [6, 6.07) is 5.72. The Hall–Kier alpha value is -2.19. The Morgan fingerprint density at radius 3 is 2.50 bits per heavy atom. The lowest BCUT2D eigenvalue weighted by Gasteiger charge is -2.58. The van der Waals surface area contributed by atoms with E-state index in [1.165, 1.54) is 0 Å². The van der Waals surface area contributed by atoms with E-state index in [0.717, 1.165) is 37.9 Å². The molecule has 4 aliphatic carbocycles. The Morgan fingerprint density at radius 2 is 1.88 bits per heavy atom. The zero-order valence-corrected chi connectivity index (χ0v) is 20.5. The Bertz CT molecular complexity index is 950. The smallest absolute Gasteiger partial charge is 0.270 e. The van der Waals surface area contributed by atoms with Crippen molar-refractivity contribution in [1.29, 1.82) is 0 Å². The molecule has 8 nitrogen and oxygen atoms in total. The number of aromatic nitrogens is 1. The van der Waals surface area contributed by atoms with Crippen LogP contribution in [0.4, 0.5) is 5.82 Å². The van der Waals surface area contributed by atoms with Gasteiger partial charge in [0.1, 0.15) is 11.5 Å². The molecule has 3 atom stereocenters. The zero-order valence-electron chi connectivity index (χ0n) is 20.5. The number of carbonyl (C=O) groups excluding carboxylic acids is 2. The number of nitrogens with zero attached hydrogens (tertiary/aromatic N) is 3. The van der Waals surface area contributed by atoms with Crippen LogP contribution in [0.1, 0.15) is 63.4 Å². The van der Waals surface area contributed by atoms with E-state index in [4.69, 9.17) is 4.98 Å². The van der Waals surface area contributed by atoms with Crippen molar-refractivity contribution in [1.82, 2.24) is 15.2 Å². The minimum absolute atomic E-state index is 0.0390. The van der Waals surface area contributed by atoms with Gasteiger partial charge in [-0.3, -0.25) is 9.59 Å². The van der Waals surface area contributed by atoms with Crippen molar-refractivity contribution in [3.63, 3.8) is 0 Å². The van der Waals surface area contributed by atoms with Gasteiger partial charge >= 0.3 is 0 Å². The van der Waals surface area contributed by atoms with E-state index in [9.17, 15) is 19.8 Å². The zero-order chi connectivity index (χ0) is 24.3. The summed E-state index contributed by atoms with van der Waals surface area (Å²) in [4.78, 5) is 34.6. The molecule has 2 amide bonds. The van der Waals surface area contributed by atoms with Crippen LogP contribution >= 0.6 is 0 Å². The fourth-order valence-corrected chi connectivity index (χ4v) is 7.13. The van der Waals surface area contributed by atoms with Gasteiger partial charge in [-0.15, -0.1) is 0 Å². The van der Waals surface area contributed by atoms with Gasteiger partial charge in [-0.05, 0) is 82.8 Å². The van der Waals surface area contributed by atoms with Gasteiger partial charge in [0.15, 0.2) is 0 Å². The van der Waals surface area contributed by atoms with Gasteiger partial charge in [-0.25, -0.2) is 4.98 Å². The first-order valence-corrected chi connectivity index (χ1v) is 12.8. The molecule has 0 spiro atoms. The van der Waals surface area contributed by atoms with Gasteiger partial charge in [-0.1, -0.05) is 6.07 Å². The number of piperazine rings is 1. The van der Waals surface area contributed by atoms with Crippen LogP contribution in [0.3, 0.4) is 0 Å². The number of hydrogen-bond donors (Lipinski definition) is 3. The number of amides is 2. The van der Waals surface area contributed by atoms with Crippen LogP contribution in [0.25, 0.3) is 0 Å². The maximum atomic E-state index is 13.2. The molecule has 2 heterocycles. The maximum Gasteiger partial charge on any atom is 0.270 e. The van der Waals surface area contributed by atoms with Crippen molar-refractivity contribution >= 4 is 17.6 Å². The van der Waals surface area contributed by atoms with Crippen LogP contribution in [0, 0.1) is 23.2 Å². The van der Waals surface area contributed by atoms with E-state index in [-0.39, 0.29) is 30.5 Å². The molecule has 3 N–H and O–H groups in total. The predicted molar refractivity (Wildman–Crippen MR) is 128 cm³/mol. The molecule has 0 radical (unpaired) electrons. The molecule has 1 aromatic heterocycles. The molecule has 1 saturated heterocycles. The predicted octanol–water partition coefficient (Wildman–Crippen LogP) is 1.81. The van der Waals surface area contributed by atoms with Crippen LogP contribution in [0.15, 0.2) is 18.2 Å². The number of carbonyl (C=O) groups is 2. The van der Waals surface area contributed by atoms with Crippen molar-refractivity contribution in [2.24, 2.45) is 23.2 Å². The summed E-state index contributed by atoms with van der Waals surface area (Å²) in [5.41, 5.74) is -0.884. The van der Waals surface area contributed by atoms with Crippen molar-refractivity contribution in [3.05, 3.63) is 23.9 Å². The van der Waals surface area contributed by atoms with Gasteiger partial charge in [0, 0.05) is 31.7 Å². The second kappa shape index (κ2) is 8.48. The monoisotopic (exact) mass is 470 g/mol. The quantitative estimate of drug-likeness (QED) is 0.606.